The molecule has 25 heavy (non-hydrogen) atoms. The predicted molar refractivity (Wildman–Crippen MR) is 101 cm³/mol. The highest BCUT2D eigenvalue weighted by molar-refractivity contribution is 7.89. The highest BCUT2D eigenvalue weighted by Crippen LogP contribution is 2.21. The van der Waals surface area contributed by atoms with Crippen LogP contribution in [0.2, 0.25) is 0 Å². The second-order valence-corrected chi connectivity index (χ2v) is 10.2. The van der Waals surface area contributed by atoms with Gasteiger partial charge in [-0.1, -0.05) is 13.8 Å². The topological polar surface area (TPSA) is 69.7 Å². The summed E-state index contributed by atoms with van der Waals surface area (Å²) in [5, 5.41) is 3.02. The van der Waals surface area contributed by atoms with Crippen LogP contribution in [0.25, 0.3) is 0 Å². The molecule has 0 spiro atoms. The standard InChI is InChI=1S/C18H35N3O3S/c1-4-25(23,24)21-10-5-7-17(14-21)18(22)19-8-6-9-20-12-15(2)11-16(3)13-20/h15-17H,4-14H2,1-3H3,(H,19,22)/t15-,16-,17+/m1/s1. The monoisotopic (exact) mass is 373 g/mol. The Labute approximate surface area is 153 Å². The third-order valence-electron chi connectivity index (χ3n) is 5.41. The minimum absolute atomic E-state index is 0.0105. The third kappa shape index (κ3) is 6.22. The molecular weight excluding hydrogens is 338 g/mol. The fourth-order valence-electron chi connectivity index (χ4n) is 4.22. The first-order valence-electron chi connectivity index (χ1n) is 9.79. The minimum Gasteiger partial charge on any atom is -0.356 e. The van der Waals surface area contributed by atoms with Crippen LogP contribution in [0.15, 0.2) is 0 Å². The van der Waals surface area contributed by atoms with Crippen molar-refractivity contribution in [2.24, 2.45) is 17.8 Å². The van der Waals surface area contributed by atoms with Crippen molar-refractivity contribution in [3.8, 4) is 0 Å². The van der Waals surface area contributed by atoms with E-state index in [9.17, 15) is 13.2 Å². The first kappa shape index (κ1) is 20.6. The molecule has 2 aliphatic rings. The number of amides is 1. The summed E-state index contributed by atoms with van der Waals surface area (Å²) in [6, 6.07) is 0. The molecule has 1 N–H and O–H groups in total. The third-order valence-corrected chi connectivity index (χ3v) is 7.26. The van der Waals surface area contributed by atoms with Crippen LogP contribution < -0.4 is 5.32 Å². The van der Waals surface area contributed by atoms with Crippen LogP contribution in [0.3, 0.4) is 0 Å². The number of likely N-dealkylation sites (tertiary alicyclic amines) is 1. The Morgan fingerprint density at radius 1 is 1.16 bits per heavy atom. The number of hydrogen-bond donors (Lipinski definition) is 1. The molecule has 2 saturated heterocycles. The van der Waals surface area contributed by atoms with Gasteiger partial charge in [0.2, 0.25) is 15.9 Å². The van der Waals surface area contributed by atoms with Gasteiger partial charge in [0, 0.05) is 32.7 Å². The largest absolute Gasteiger partial charge is 0.356 e. The molecule has 0 aromatic rings. The zero-order chi connectivity index (χ0) is 18.4. The molecule has 0 aliphatic carbocycles. The van der Waals surface area contributed by atoms with Crippen molar-refractivity contribution in [3.05, 3.63) is 0 Å². The first-order chi connectivity index (χ1) is 11.8. The van der Waals surface area contributed by atoms with E-state index in [0.717, 1.165) is 50.7 Å². The highest BCUT2D eigenvalue weighted by atomic mass is 32.2. The van der Waals surface area contributed by atoms with Gasteiger partial charge in [-0.05, 0) is 51.0 Å². The molecule has 3 atom stereocenters. The van der Waals surface area contributed by atoms with E-state index in [1.807, 2.05) is 0 Å². The smallest absolute Gasteiger partial charge is 0.224 e. The van der Waals surface area contributed by atoms with Crippen molar-refractivity contribution in [2.45, 2.75) is 46.5 Å². The van der Waals surface area contributed by atoms with Gasteiger partial charge in [-0.25, -0.2) is 12.7 Å². The Morgan fingerprint density at radius 3 is 2.48 bits per heavy atom. The van der Waals surface area contributed by atoms with E-state index in [2.05, 4.69) is 24.1 Å². The van der Waals surface area contributed by atoms with Gasteiger partial charge >= 0.3 is 0 Å². The molecule has 2 heterocycles. The summed E-state index contributed by atoms with van der Waals surface area (Å²) in [6.45, 7) is 11.2. The minimum atomic E-state index is -3.19. The Morgan fingerprint density at radius 2 is 1.84 bits per heavy atom. The molecule has 2 rings (SSSR count). The number of sulfonamides is 1. The van der Waals surface area contributed by atoms with E-state index in [4.69, 9.17) is 0 Å². The lowest BCUT2D eigenvalue weighted by atomic mass is 9.92. The Bertz CT molecular complexity index is 528. The Hall–Kier alpha value is -0.660. The van der Waals surface area contributed by atoms with Crippen LogP contribution in [0.1, 0.15) is 46.5 Å². The lowest BCUT2D eigenvalue weighted by molar-refractivity contribution is -0.126. The van der Waals surface area contributed by atoms with E-state index in [1.165, 1.54) is 10.7 Å². The van der Waals surface area contributed by atoms with E-state index < -0.39 is 10.0 Å². The number of hydrogen-bond acceptors (Lipinski definition) is 4. The van der Waals surface area contributed by atoms with E-state index in [-0.39, 0.29) is 17.6 Å². The number of nitrogens with zero attached hydrogens (tertiary/aromatic N) is 2. The van der Waals surface area contributed by atoms with Gasteiger partial charge in [-0.2, -0.15) is 0 Å². The normalized spacial score (nSPS) is 29.5. The maximum atomic E-state index is 12.4. The highest BCUT2D eigenvalue weighted by Gasteiger charge is 2.31. The molecule has 7 heteroatoms. The van der Waals surface area contributed by atoms with Crippen LogP contribution in [-0.4, -0.2) is 68.6 Å². The van der Waals surface area contributed by atoms with Crippen molar-refractivity contribution >= 4 is 15.9 Å². The zero-order valence-corrected chi connectivity index (χ0v) is 16.9. The molecule has 0 aromatic heterocycles. The van der Waals surface area contributed by atoms with Crippen molar-refractivity contribution in [1.82, 2.24) is 14.5 Å². The number of piperidine rings is 2. The lowest BCUT2D eigenvalue weighted by Gasteiger charge is -2.35. The molecule has 146 valence electrons. The average molecular weight is 374 g/mol. The molecule has 6 nitrogen and oxygen atoms in total. The number of carbonyl (C=O) groups excluding carboxylic acids is 1. The van der Waals surface area contributed by atoms with Gasteiger partial charge in [-0.15, -0.1) is 0 Å². The van der Waals surface area contributed by atoms with Crippen molar-refractivity contribution in [1.29, 1.82) is 0 Å². The summed E-state index contributed by atoms with van der Waals surface area (Å²) < 4.78 is 25.5. The SMILES string of the molecule is CCS(=O)(=O)N1CCC[C@H](C(=O)NCCCN2C[C@H](C)C[C@@H](C)C2)C1. The predicted octanol–water partition coefficient (Wildman–Crippen LogP) is 1.53. The maximum absolute atomic E-state index is 12.4. The molecule has 0 aromatic carbocycles. The quantitative estimate of drug-likeness (QED) is 0.687. The van der Waals surface area contributed by atoms with Gasteiger partial charge in [0.05, 0.1) is 11.7 Å². The second-order valence-electron chi connectivity index (χ2n) is 7.95. The molecule has 0 unspecified atom stereocenters. The fourth-order valence-corrected chi connectivity index (χ4v) is 5.40. The van der Waals surface area contributed by atoms with E-state index >= 15 is 0 Å². The van der Waals surface area contributed by atoms with Crippen LogP contribution >= 0.6 is 0 Å². The van der Waals surface area contributed by atoms with Crippen molar-refractivity contribution in [3.63, 3.8) is 0 Å². The van der Waals surface area contributed by atoms with Crippen molar-refractivity contribution in [2.75, 3.05) is 45.0 Å². The van der Waals surface area contributed by atoms with Gasteiger partial charge in [0.15, 0.2) is 0 Å². The summed E-state index contributed by atoms with van der Waals surface area (Å²) in [7, 11) is -3.19. The van der Waals surface area contributed by atoms with Gasteiger partial charge < -0.3 is 10.2 Å². The fraction of sp³-hybridized carbons (Fsp3) is 0.944. The molecular formula is C18H35N3O3S. The maximum Gasteiger partial charge on any atom is 0.224 e. The van der Waals surface area contributed by atoms with E-state index in [1.54, 1.807) is 6.92 Å². The van der Waals surface area contributed by atoms with Crippen LogP contribution in [0, 0.1) is 17.8 Å². The summed E-state index contributed by atoms with van der Waals surface area (Å²) >= 11 is 0. The number of rotatable bonds is 7. The number of nitrogens with one attached hydrogen (secondary N) is 1. The van der Waals surface area contributed by atoms with Crippen LogP contribution in [0.5, 0.6) is 0 Å². The molecule has 2 aliphatic heterocycles. The number of carbonyl (C=O) groups is 1. The Balaban J connectivity index is 1.69. The first-order valence-corrected chi connectivity index (χ1v) is 11.4. The lowest BCUT2D eigenvalue weighted by Crippen LogP contribution is -2.46. The summed E-state index contributed by atoms with van der Waals surface area (Å²) in [5.41, 5.74) is 0. The van der Waals surface area contributed by atoms with Gasteiger partial charge in [0.1, 0.15) is 0 Å². The molecule has 2 fully saturated rings. The zero-order valence-electron chi connectivity index (χ0n) is 16.0. The average Bonchev–Trinajstić information content (AvgIpc) is 2.58. The van der Waals surface area contributed by atoms with Gasteiger partial charge in [0.25, 0.3) is 0 Å². The van der Waals surface area contributed by atoms with Crippen LogP contribution in [0.4, 0.5) is 0 Å². The van der Waals surface area contributed by atoms with Crippen LogP contribution in [-0.2, 0) is 14.8 Å². The molecule has 0 bridgehead atoms. The summed E-state index contributed by atoms with van der Waals surface area (Å²) in [4.78, 5) is 14.9. The molecule has 0 saturated carbocycles. The second kappa shape index (κ2) is 9.33. The van der Waals surface area contributed by atoms with Crippen molar-refractivity contribution < 1.29 is 13.2 Å². The van der Waals surface area contributed by atoms with E-state index in [0.29, 0.717) is 19.6 Å². The van der Waals surface area contributed by atoms with Gasteiger partial charge in [-0.3, -0.25) is 4.79 Å². The Kier molecular flexibility index (Phi) is 7.70. The summed E-state index contributed by atoms with van der Waals surface area (Å²) in [6.07, 6.45) is 3.81. The molecule has 0 radical (unpaired) electrons. The summed E-state index contributed by atoms with van der Waals surface area (Å²) in [5.74, 6) is 1.43. The molecule has 1 amide bonds.